The van der Waals surface area contributed by atoms with Gasteiger partial charge in [0.2, 0.25) is 0 Å². The largest absolute Gasteiger partial charge is 3.00 e. The maximum Gasteiger partial charge on any atom is 3.00 e. The SMILES string of the molecule is CC(=O)[O-].CC(=O)[O-].CC(=O)[O-].CC(C)(C)c1cc(C(c2ccccc2)(c2ccccc2)c2ccccc2)cc(C=NC2CCCCC2N=Cc2cc(C(c3ccccc3)(c3ccccc3)c3ccccc3)cc(C(C)(C)C)c2O)c1O.[Co+3]. The van der Waals surface area contributed by atoms with Gasteiger partial charge in [0.15, 0.2) is 0 Å². The fourth-order valence-electron chi connectivity index (χ4n) is 11.0. The minimum atomic E-state index is -1.08. The molecule has 1 saturated carbocycles. The van der Waals surface area contributed by atoms with Crippen molar-refractivity contribution in [1.82, 2.24) is 0 Å². The summed E-state index contributed by atoms with van der Waals surface area (Å²) in [5.74, 6) is -2.76. The molecule has 11 heteroatoms. The summed E-state index contributed by atoms with van der Waals surface area (Å²) in [5, 5.41) is 51.2. The molecule has 83 heavy (non-hydrogen) atoms. The third-order valence-electron chi connectivity index (χ3n) is 14.5. The first kappa shape index (κ1) is 65.4. The van der Waals surface area contributed by atoms with E-state index in [2.05, 4.69) is 248 Å². The molecule has 0 aliphatic heterocycles. The Balaban J connectivity index is 0.000000887. The van der Waals surface area contributed by atoms with Gasteiger partial charge in [0.05, 0.1) is 22.9 Å². The number of rotatable bonds is 12. The van der Waals surface area contributed by atoms with Gasteiger partial charge < -0.3 is 39.9 Å². The van der Waals surface area contributed by atoms with Crippen molar-refractivity contribution < 1.29 is 56.7 Å². The number of carboxylic acids is 3. The third kappa shape index (κ3) is 16.2. The molecule has 0 amide bonds. The first-order valence-corrected chi connectivity index (χ1v) is 27.7. The smallest absolute Gasteiger partial charge is 0.550 e. The minimum Gasteiger partial charge on any atom is -0.550 e. The Labute approximate surface area is 500 Å². The normalized spacial score (nSPS) is 14.3. The molecule has 1 aliphatic rings. The van der Waals surface area contributed by atoms with Gasteiger partial charge in [0.25, 0.3) is 0 Å². The van der Waals surface area contributed by atoms with Gasteiger partial charge in [-0.2, -0.15) is 0 Å². The summed E-state index contributed by atoms with van der Waals surface area (Å²) >= 11 is 0. The van der Waals surface area contributed by atoms with Crippen LogP contribution in [0.25, 0.3) is 0 Å². The number of hydrogen-bond acceptors (Lipinski definition) is 10. The molecule has 430 valence electrons. The molecule has 2 atom stereocenters. The standard InChI is InChI=1S/C66H66N2O2.3C2H4O2.Co/c1-63(2,3)57-43-55(65(49-27-13-7-14-28-49,50-29-15-8-16-30-50)51-31-17-9-18-32-51)41-47(61(57)69)45-67-59-39-25-26-40-60(59)68-46-48-42-56(44-58(62(48)70)64(4,5)6)66(52-33-19-10-20-34-52,53-35-21-11-22-36-53)54-37-23-12-24-38-54;3*1-2(3)4;/h7-24,27-38,41-46,59-60,69-70H,25-26,39-40H2,1-6H3;3*1H3,(H,3,4);/q;;;;+3/p-3. The van der Waals surface area contributed by atoms with Crippen molar-refractivity contribution in [2.45, 2.75) is 122 Å². The number of nitrogens with zero attached hydrogens (tertiary/aromatic N) is 2. The van der Waals surface area contributed by atoms with Gasteiger partial charge in [-0.1, -0.05) is 236 Å². The van der Waals surface area contributed by atoms with E-state index in [1.165, 1.54) is 0 Å². The van der Waals surface area contributed by atoms with Gasteiger partial charge in [-0.3, -0.25) is 9.98 Å². The fraction of sp³-hybridized carbons (Fsp3) is 0.264. The van der Waals surface area contributed by atoms with Gasteiger partial charge in [-0.15, -0.1) is 0 Å². The van der Waals surface area contributed by atoms with Gasteiger partial charge in [0, 0.05) is 52.6 Å². The van der Waals surface area contributed by atoms with Crippen molar-refractivity contribution >= 4 is 30.3 Å². The van der Waals surface area contributed by atoms with Crippen LogP contribution in [0.15, 0.2) is 216 Å². The fourth-order valence-corrected chi connectivity index (χ4v) is 11.0. The van der Waals surface area contributed by atoms with Crippen LogP contribution in [-0.4, -0.2) is 52.6 Å². The maximum atomic E-state index is 12.3. The summed E-state index contributed by atoms with van der Waals surface area (Å²) in [4.78, 5) is 37.4. The Kier molecular flexibility index (Phi) is 23.3. The average Bonchev–Trinajstić information content (AvgIpc) is 1.36. The van der Waals surface area contributed by atoms with E-state index in [-0.39, 0.29) is 51.2 Å². The predicted octanol–water partition coefficient (Wildman–Crippen LogP) is 11.6. The van der Waals surface area contributed by atoms with Crippen LogP contribution < -0.4 is 15.3 Å². The monoisotopic (exact) mass is 1150 g/mol. The number of benzene rings is 8. The molecule has 0 bridgehead atoms. The number of carbonyl (C=O) groups excluding carboxylic acids is 3. The molecule has 0 heterocycles. The molecule has 0 aromatic heterocycles. The van der Waals surface area contributed by atoms with Crippen LogP contribution in [0.4, 0.5) is 0 Å². The topological polar surface area (TPSA) is 186 Å². The zero-order valence-electron chi connectivity index (χ0n) is 48.8. The quantitative estimate of drug-likeness (QED) is 0.0894. The van der Waals surface area contributed by atoms with Crippen molar-refractivity contribution in [2.24, 2.45) is 9.98 Å². The molecule has 10 nitrogen and oxygen atoms in total. The molecule has 0 radical (unpaired) electrons. The Morgan fingerprint density at radius 2 is 0.602 bits per heavy atom. The zero-order valence-corrected chi connectivity index (χ0v) is 49.9. The van der Waals surface area contributed by atoms with Crippen LogP contribution in [-0.2, 0) is 52.8 Å². The van der Waals surface area contributed by atoms with Crippen LogP contribution in [0.1, 0.15) is 155 Å². The molecule has 0 spiro atoms. The summed E-state index contributed by atoms with van der Waals surface area (Å²) < 4.78 is 0. The third-order valence-corrected chi connectivity index (χ3v) is 14.5. The van der Waals surface area contributed by atoms with Gasteiger partial charge in [-0.25, -0.2) is 0 Å². The van der Waals surface area contributed by atoms with E-state index < -0.39 is 28.7 Å². The summed E-state index contributed by atoms with van der Waals surface area (Å²) in [6.45, 7) is 15.9. The van der Waals surface area contributed by atoms with Crippen molar-refractivity contribution in [3.63, 3.8) is 0 Å². The number of aliphatic imine (C=N–C) groups is 2. The van der Waals surface area contributed by atoms with Crippen molar-refractivity contribution in [2.75, 3.05) is 0 Å². The Bertz CT molecular complexity index is 2970. The van der Waals surface area contributed by atoms with Gasteiger partial charge in [-0.05, 0) is 113 Å². The van der Waals surface area contributed by atoms with Crippen LogP contribution >= 0.6 is 0 Å². The Morgan fingerprint density at radius 1 is 0.398 bits per heavy atom. The molecule has 8 aromatic rings. The van der Waals surface area contributed by atoms with Crippen LogP contribution in [0, 0.1) is 0 Å². The molecule has 2 unspecified atom stereocenters. The van der Waals surface area contributed by atoms with Crippen molar-refractivity contribution in [3.05, 3.63) is 273 Å². The van der Waals surface area contributed by atoms with Crippen LogP contribution in [0.3, 0.4) is 0 Å². The number of carbonyl (C=O) groups is 3. The van der Waals surface area contributed by atoms with Gasteiger partial charge >= 0.3 is 16.8 Å². The van der Waals surface area contributed by atoms with E-state index in [0.29, 0.717) is 11.1 Å². The average molecular weight is 1160 g/mol. The van der Waals surface area contributed by atoms with Crippen molar-refractivity contribution in [1.29, 1.82) is 0 Å². The van der Waals surface area contributed by atoms with Gasteiger partial charge in [0.1, 0.15) is 11.5 Å². The molecule has 1 aliphatic carbocycles. The molecule has 1 fully saturated rings. The Hall–Kier alpha value is -8.38. The number of phenolic OH excluding ortho intramolecular Hbond substituents is 2. The van der Waals surface area contributed by atoms with E-state index in [1.54, 1.807) is 0 Å². The molecule has 9 rings (SSSR count). The second-order valence-corrected chi connectivity index (χ2v) is 22.6. The number of hydrogen-bond donors (Lipinski definition) is 2. The molecule has 0 saturated heterocycles. The van der Waals surface area contributed by atoms with E-state index in [9.17, 15) is 10.2 Å². The number of aromatic hydroxyl groups is 2. The molecule has 2 N–H and O–H groups in total. The summed E-state index contributed by atoms with van der Waals surface area (Å²) in [6, 6.07) is 72.8. The predicted molar refractivity (Wildman–Crippen MR) is 324 cm³/mol. The first-order valence-electron chi connectivity index (χ1n) is 27.7. The number of aliphatic carboxylic acids is 3. The Morgan fingerprint density at radius 3 is 0.795 bits per heavy atom. The maximum absolute atomic E-state index is 12.3. The van der Waals surface area contributed by atoms with Crippen LogP contribution in [0.5, 0.6) is 11.5 Å². The minimum absolute atomic E-state index is 0. The second-order valence-electron chi connectivity index (χ2n) is 22.6. The zero-order chi connectivity index (χ0) is 59.7. The van der Waals surface area contributed by atoms with E-state index in [1.807, 2.05) is 12.4 Å². The number of carboxylic acid groups (broad SMARTS) is 3. The number of phenols is 2. The summed E-state index contributed by atoms with van der Waals surface area (Å²) in [7, 11) is 0. The van der Waals surface area contributed by atoms with E-state index in [0.717, 1.165) is 102 Å². The molecule has 8 aromatic carbocycles. The molecular weight excluding hydrogens is 1080 g/mol. The first-order chi connectivity index (χ1) is 39.0. The summed E-state index contributed by atoms with van der Waals surface area (Å²) in [5.41, 5.74) is 9.88. The van der Waals surface area contributed by atoms with E-state index in [4.69, 9.17) is 39.7 Å². The second kappa shape index (κ2) is 29.5. The summed E-state index contributed by atoms with van der Waals surface area (Å²) in [6.07, 6.45) is 7.62. The van der Waals surface area contributed by atoms with Crippen LogP contribution in [0.2, 0.25) is 0 Å². The van der Waals surface area contributed by atoms with Crippen molar-refractivity contribution in [3.8, 4) is 11.5 Å². The van der Waals surface area contributed by atoms with E-state index >= 15 is 0 Å². The molecular formula is C72H75CoN2O8.